The third-order valence-corrected chi connectivity index (χ3v) is 5.34. The van der Waals surface area contributed by atoms with Crippen molar-refractivity contribution in [3.8, 4) is 0 Å². The molecule has 0 saturated carbocycles. The molecule has 2 aromatic rings. The maximum absolute atomic E-state index is 13.0. The highest BCUT2D eigenvalue weighted by Crippen LogP contribution is 2.36. The van der Waals surface area contributed by atoms with E-state index in [1.165, 1.54) is 0 Å². The number of thioether (sulfide) groups is 1. The van der Waals surface area contributed by atoms with E-state index in [1.54, 1.807) is 16.7 Å². The lowest BCUT2D eigenvalue weighted by Crippen LogP contribution is -2.36. The fourth-order valence-electron chi connectivity index (χ4n) is 2.82. The van der Waals surface area contributed by atoms with Gasteiger partial charge in [0.1, 0.15) is 0 Å². The van der Waals surface area contributed by atoms with Gasteiger partial charge in [-0.25, -0.2) is 0 Å². The van der Waals surface area contributed by atoms with Crippen molar-refractivity contribution in [1.29, 1.82) is 0 Å². The quantitative estimate of drug-likeness (QED) is 0.883. The van der Waals surface area contributed by atoms with Crippen LogP contribution in [-0.2, 0) is 0 Å². The van der Waals surface area contributed by atoms with Gasteiger partial charge in [0.25, 0.3) is 11.8 Å². The monoisotopic (exact) mass is 368 g/mol. The lowest BCUT2D eigenvalue weighted by Gasteiger charge is -2.29. The summed E-state index contributed by atoms with van der Waals surface area (Å²) >= 11 is 1.72. The molecule has 0 aliphatic carbocycles. The van der Waals surface area contributed by atoms with Gasteiger partial charge in [0, 0.05) is 34.9 Å². The van der Waals surface area contributed by atoms with Crippen LogP contribution in [0.15, 0.2) is 47.4 Å². The van der Waals surface area contributed by atoms with Gasteiger partial charge < -0.3 is 10.2 Å². The predicted molar refractivity (Wildman–Crippen MR) is 107 cm³/mol. The summed E-state index contributed by atoms with van der Waals surface area (Å²) in [5, 5.41) is 2.94. The summed E-state index contributed by atoms with van der Waals surface area (Å²) in [6.45, 7) is 7.40. The predicted octanol–water partition coefficient (Wildman–Crippen LogP) is 4.13. The summed E-state index contributed by atoms with van der Waals surface area (Å²) in [7, 11) is 0. The van der Waals surface area contributed by atoms with Gasteiger partial charge in [0.15, 0.2) is 0 Å². The van der Waals surface area contributed by atoms with Crippen molar-refractivity contribution in [2.75, 3.05) is 23.7 Å². The highest BCUT2D eigenvalue weighted by molar-refractivity contribution is 7.99. The van der Waals surface area contributed by atoms with Crippen LogP contribution in [0.2, 0.25) is 0 Å². The lowest BCUT2D eigenvalue weighted by molar-refractivity contribution is 0.0946. The van der Waals surface area contributed by atoms with Gasteiger partial charge in [-0.15, -0.1) is 11.8 Å². The van der Waals surface area contributed by atoms with Gasteiger partial charge in [-0.05, 0) is 43.2 Å². The van der Waals surface area contributed by atoms with E-state index in [-0.39, 0.29) is 11.8 Å². The van der Waals surface area contributed by atoms with Crippen LogP contribution >= 0.6 is 11.8 Å². The van der Waals surface area contributed by atoms with Crippen LogP contribution < -0.4 is 10.2 Å². The maximum atomic E-state index is 13.0. The maximum Gasteiger partial charge on any atom is 0.258 e. The van der Waals surface area contributed by atoms with Crippen molar-refractivity contribution in [3.63, 3.8) is 0 Å². The zero-order valence-corrected chi connectivity index (χ0v) is 16.2. The minimum Gasteiger partial charge on any atom is -0.352 e. The molecule has 4 nitrogen and oxygen atoms in total. The molecule has 0 spiro atoms. The molecule has 2 amide bonds. The molecule has 26 heavy (non-hydrogen) atoms. The van der Waals surface area contributed by atoms with Crippen LogP contribution in [0.25, 0.3) is 0 Å². The first-order chi connectivity index (χ1) is 12.5. The molecule has 0 saturated heterocycles. The normalized spacial score (nSPS) is 13.5. The Kier molecular flexibility index (Phi) is 5.67. The largest absolute Gasteiger partial charge is 0.352 e. The highest BCUT2D eigenvalue weighted by Gasteiger charge is 2.25. The van der Waals surface area contributed by atoms with E-state index in [0.29, 0.717) is 30.1 Å². The van der Waals surface area contributed by atoms with Gasteiger partial charge in [-0.2, -0.15) is 0 Å². The van der Waals surface area contributed by atoms with Crippen LogP contribution in [-0.4, -0.2) is 30.7 Å². The number of carbonyl (C=O) groups is 2. The molecular weight excluding hydrogens is 344 g/mol. The highest BCUT2D eigenvalue weighted by atomic mass is 32.2. The summed E-state index contributed by atoms with van der Waals surface area (Å²) in [6.07, 6.45) is 0. The van der Waals surface area contributed by atoms with E-state index in [2.05, 4.69) is 19.2 Å². The van der Waals surface area contributed by atoms with Crippen molar-refractivity contribution < 1.29 is 9.59 Å². The van der Waals surface area contributed by atoms with E-state index in [9.17, 15) is 9.59 Å². The number of hydrogen-bond acceptors (Lipinski definition) is 3. The van der Waals surface area contributed by atoms with Crippen molar-refractivity contribution in [3.05, 3.63) is 59.2 Å². The Morgan fingerprint density at radius 3 is 2.50 bits per heavy atom. The molecule has 0 atom stereocenters. The summed E-state index contributed by atoms with van der Waals surface area (Å²) in [5.74, 6) is 1.13. The molecule has 0 fully saturated rings. The van der Waals surface area contributed by atoms with E-state index in [1.807, 2.05) is 49.4 Å². The van der Waals surface area contributed by atoms with Crippen molar-refractivity contribution in [2.45, 2.75) is 25.7 Å². The number of fused-ring (bicyclic) bond motifs is 1. The smallest absolute Gasteiger partial charge is 0.258 e. The molecule has 0 unspecified atom stereocenters. The third kappa shape index (κ3) is 4.10. The number of amides is 2. The minimum absolute atomic E-state index is 0.0220. The standard InChI is InChI=1S/C21H24N2O2S/c1-14(2)13-22-20(24)17-8-9-19-18(12-17)23(10-11-26-19)21(25)16-6-4-15(3)5-7-16/h4-9,12,14H,10-11,13H2,1-3H3,(H,22,24). The van der Waals surface area contributed by atoms with Gasteiger partial charge >= 0.3 is 0 Å². The van der Waals surface area contributed by atoms with Crippen molar-refractivity contribution in [1.82, 2.24) is 5.32 Å². The molecule has 0 bridgehead atoms. The number of anilines is 1. The summed E-state index contributed by atoms with van der Waals surface area (Å²) in [5.41, 5.74) is 3.21. The van der Waals surface area contributed by atoms with Gasteiger partial charge in [0.05, 0.1) is 5.69 Å². The lowest BCUT2D eigenvalue weighted by atomic mass is 10.1. The van der Waals surface area contributed by atoms with E-state index in [0.717, 1.165) is 21.9 Å². The van der Waals surface area contributed by atoms with Crippen molar-refractivity contribution in [2.24, 2.45) is 5.92 Å². The van der Waals surface area contributed by atoms with Crippen LogP contribution in [0.5, 0.6) is 0 Å². The molecule has 0 radical (unpaired) electrons. The Morgan fingerprint density at radius 2 is 1.81 bits per heavy atom. The van der Waals surface area contributed by atoms with Crippen molar-refractivity contribution >= 4 is 29.3 Å². The Labute approximate surface area is 159 Å². The number of benzene rings is 2. The average Bonchev–Trinajstić information content (AvgIpc) is 2.65. The number of carbonyl (C=O) groups excluding carboxylic acids is 2. The van der Waals surface area contributed by atoms with Crippen LogP contribution in [0, 0.1) is 12.8 Å². The Hall–Kier alpha value is -2.27. The zero-order valence-electron chi connectivity index (χ0n) is 15.4. The molecular formula is C21H24N2O2S. The SMILES string of the molecule is Cc1ccc(C(=O)N2CCSc3ccc(C(=O)NCC(C)C)cc32)cc1. The summed E-state index contributed by atoms with van der Waals surface area (Å²) in [6, 6.07) is 13.2. The van der Waals surface area contributed by atoms with E-state index >= 15 is 0 Å². The molecule has 1 aliphatic heterocycles. The molecule has 2 aromatic carbocycles. The molecule has 1 heterocycles. The topological polar surface area (TPSA) is 49.4 Å². The molecule has 0 aromatic heterocycles. The second kappa shape index (κ2) is 7.96. The molecule has 136 valence electrons. The van der Waals surface area contributed by atoms with Crippen LogP contribution in [0.1, 0.15) is 40.1 Å². The van der Waals surface area contributed by atoms with Gasteiger partial charge in [-0.3, -0.25) is 9.59 Å². The first-order valence-corrected chi connectivity index (χ1v) is 9.88. The Balaban J connectivity index is 1.87. The average molecular weight is 369 g/mol. The number of rotatable bonds is 4. The third-order valence-electron chi connectivity index (χ3n) is 4.30. The molecule has 1 aliphatic rings. The van der Waals surface area contributed by atoms with Crippen LogP contribution in [0.4, 0.5) is 5.69 Å². The zero-order chi connectivity index (χ0) is 18.7. The minimum atomic E-state index is -0.0974. The first-order valence-electron chi connectivity index (χ1n) is 8.89. The Morgan fingerprint density at radius 1 is 1.12 bits per heavy atom. The fraction of sp³-hybridized carbons (Fsp3) is 0.333. The second-order valence-corrected chi connectivity index (χ2v) is 8.09. The fourth-order valence-corrected chi connectivity index (χ4v) is 3.80. The number of nitrogens with zero attached hydrogens (tertiary/aromatic N) is 1. The number of aryl methyl sites for hydroxylation is 1. The van der Waals surface area contributed by atoms with Gasteiger partial charge in [0.2, 0.25) is 0 Å². The second-order valence-electron chi connectivity index (χ2n) is 6.96. The van der Waals surface area contributed by atoms with E-state index < -0.39 is 0 Å². The molecule has 1 N–H and O–H groups in total. The van der Waals surface area contributed by atoms with Crippen LogP contribution in [0.3, 0.4) is 0 Å². The molecule has 3 rings (SSSR count). The molecule has 5 heteroatoms. The van der Waals surface area contributed by atoms with E-state index in [4.69, 9.17) is 0 Å². The number of hydrogen-bond donors (Lipinski definition) is 1. The summed E-state index contributed by atoms with van der Waals surface area (Å²) < 4.78 is 0. The Bertz CT molecular complexity index is 815. The first kappa shape index (κ1) is 18.5. The summed E-state index contributed by atoms with van der Waals surface area (Å²) in [4.78, 5) is 28.2. The van der Waals surface area contributed by atoms with Gasteiger partial charge in [-0.1, -0.05) is 31.5 Å². The number of nitrogens with one attached hydrogen (secondary N) is 1.